The van der Waals surface area contributed by atoms with Gasteiger partial charge in [0, 0.05) is 25.2 Å². The van der Waals surface area contributed by atoms with Gasteiger partial charge in [-0.2, -0.15) is 0 Å². The van der Waals surface area contributed by atoms with Crippen molar-refractivity contribution in [2.45, 2.75) is 84.0 Å². The Hall–Kier alpha value is -1.64. The molecule has 27 heavy (non-hydrogen) atoms. The Bertz CT molecular complexity index is 660. The average molecular weight is 365 g/mol. The Morgan fingerprint density at radius 1 is 0.667 bits per heavy atom. The Morgan fingerprint density at radius 3 is 1.56 bits per heavy atom. The Balaban J connectivity index is 1.50. The van der Waals surface area contributed by atoms with E-state index in [9.17, 15) is 0 Å². The molecule has 0 amide bonds. The minimum absolute atomic E-state index is 0.573. The third kappa shape index (κ3) is 6.19. The average Bonchev–Trinajstić information content (AvgIpc) is 2.73. The van der Waals surface area contributed by atoms with Crippen LogP contribution < -0.4 is 10.6 Å². The standard InChI is InChI=1S/C25H36N2/c1-3-7-21-12-16-23(17-13-21)19-27-25-9-6-5-8-24(25)26-18-22-14-10-20(4-2)11-15-22/h10-17,24-27H,3-9,18-19H2,1-2H3. The van der Waals surface area contributed by atoms with Crippen molar-refractivity contribution in [2.24, 2.45) is 0 Å². The lowest BCUT2D eigenvalue weighted by Crippen LogP contribution is -2.49. The van der Waals surface area contributed by atoms with Crippen molar-refractivity contribution in [3.05, 3.63) is 70.8 Å². The van der Waals surface area contributed by atoms with Crippen LogP contribution in [0.2, 0.25) is 0 Å². The maximum absolute atomic E-state index is 3.83. The van der Waals surface area contributed by atoms with E-state index in [1.807, 2.05) is 0 Å². The quantitative estimate of drug-likeness (QED) is 0.623. The van der Waals surface area contributed by atoms with Crippen LogP contribution >= 0.6 is 0 Å². The van der Waals surface area contributed by atoms with Gasteiger partial charge in [-0.05, 0) is 47.9 Å². The van der Waals surface area contributed by atoms with Crippen LogP contribution in [0.5, 0.6) is 0 Å². The zero-order valence-corrected chi connectivity index (χ0v) is 17.1. The normalized spacial score (nSPS) is 19.9. The first kappa shape index (κ1) is 20.1. The van der Waals surface area contributed by atoms with Crippen molar-refractivity contribution in [2.75, 3.05) is 0 Å². The summed E-state index contributed by atoms with van der Waals surface area (Å²) in [6.45, 7) is 6.39. The van der Waals surface area contributed by atoms with E-state index in [1.165, 1.54) is 60.8 Å². The highest BCUT2D eigenvalue weighted by Crippen LogP contribution is 2.20. The van der Waals surface area contributed by atoms with Crippen LogP contribution in [0.4, 0.5) is 0 Å². The molecule has 2 atom stereocenters. The van der Waals surface area contributed by atoms with Gasteiger partial charge in [0.25, 0.3) is 0 Å². The molecule has 1 saturated carbocycles. The van der Waals surface area contributed by atoms with Gasteiger partial charge in [-0.25, -0.2) is 0 Å². The second kappa shape index (κ2) is 10.6. The molecule has 2 N–H and O–H groups in total. The molecular weight excluding hydrogens is 328 g/mol. The molecule has 2 aromatic rings. The predicted molar refractivity (Wildman–Crippen MR) is 116 cm³/mol. The van der Waals surface area contributed by atoms with Crippen molar-refractivity contribution in [1.82, 2.24) is 10.6 Å². The number of aryl methyl sites for hydroxylation is 2. The van der Waals surface area contributed by atoms with E-state index in [1.54, 1.807) is 0 Å². The molecule has 0 aromatic heterocycles. The molecule has 146 valence electrons. The topological polar surface area (TPSA) is 24.1 Å². The molecule has 1 fully saturated rings. The van der Waals surface area contributed by atoms with Crippen molar-refractivity contribution in [3.63, 3.8) is 0 Å². The van der Waals surface area contributed by atoms with E-state index in [-0.39, 0.29) is 0 Å². The van der Waals surface area contributed by atoms with Crippen LogP contribution in [0.1, 0.15) is 68.2 Å². The van der Waals surface area contributed by atoms with Crippen molar-refractivity contribution in [1.29, 1.82) is 0 Å². The van der Waals surface area contributed by atoms with E-state index in [4.69, 9.17) is 0 Å². The minimum atomic E-state index is 0.573. The largest absolute Gasteiger partial charge is 0.308 e. The molecule has 3 rings (SSSR count). The van der Waals surface area contributed by atoms with Crippen molar-refractivity contribution < 1.29 is 0 Å². The fourth-order valence-electron chi connectivity index (χ4n) is 4.12. The van der Waals surface area contributed by atoms with Crippen LogP contribution in [-0.2, 0) is 25.9 Å². The van der Waals surface area contributed by atoms with Crippen LogP contribution in [0.25, 0.3) is 0 Å². The molecule has 2 unspecified atom stereocenters. The van der Waals surface area contributed by atoms with E-state index < -0.39 is 0 Å². The molecule has 2 aromatic carbocycles. The summed E-state index contributed by atoms with van der Waals surface area (Å²) in [7, 11) is 0. The summed E-state index contributed by atoms with van der Waals surface area (Å²) in [4.78, 5) is 0. The van der Waals surface area contributed by atoms with E-state index in [2.05, 4.69) is 73.0 Å². The molecule has 2 nitrogen and oxygen atoms in total. The maximum atomic E-state index is 3.83. The van der Waals surface area contributed by atoms with Gasteiger partial charge in [-0.1, -0.05) is 81.6 Å². The molecule has 0 heterocycles. The summed E-state index contributed by atoms with van der Waals surface area (Å²) < 4.78 is 0. The molecule has 0 spiro atoms. The molecule has 1 aliphatic carbocycles. The fourth-order valence-corrected chi connectivity index (χ4v) is 4.12. The van der Waals surface area contributed by atoms with E-state index >= 15 is 0 Å². The van der Waals surface area contributed by atoms with Gasteiger partial charge in [0.15, 0.2) is 0 Å². The lowest BCUT2D eigenvalue weighted by molar-refractivity contribution is 0.281. The highest BCUT2D eigenvalue weighted by atomic mass is 15.0. The maximum Gasteiger partial charge on any atom is 0.0224 e. The van der Waals surface area contributed by atoms with Gasteiger partial charge in [0.2, 0.25) is 0 Å². The van der Waals surface area contributed by atoms with E-state index in [0.717, 1.165) is 19.5 Å². The first-order chi connectivity index (χ1) is 13.3. The Labute approximate surface area is 165 Å². The first-order valence-corrected chi connectivity index (χ1v) is 10.9. The SMILES string of the molecule is CCCc1ccc(CNC2CCCCC2NCc2ccc(CC)cc2)cc1. The Morgan fingerprint density at radius 2 is 1.11 bits per heavy atom. The minimum Gasteiger partial charge on any atom is -0.308 e. The molecular formula is C25H36N2. The highest BCUT2D eigenvalue weighted by Gasteiger charge is 2.24. The monoisotopic (exact) mass is 364 g/mol. The van der Waals surface area contributed by atoms with E-state index in [0.29, 0.717) is 12.1 Å². The van der Waals surface area contributed by atoms with Crippen LogP contribution in [0.3, 0.4) is 0 Å². The lowest BCUT2D eigenvalue weighted by atomic mass is 9.90. The van der Waals surface area contributed by atoms with Gasteiger partial charge >= 0.3 is 0 Å². The molecule has 2 heteroatoms. The zero-order chi connectivity index (χ0) is 18.9. The summed E-state index contributed by atoms with van der Waals surface area (Å²) >= 11 is 0. The van der Waals surface area contributed by atoms with Gasteiger partial charge in [0.05, 0.1) is 0 Å². The van der Waals surface area contributed by atoms with Crippen LogP contribution in [0, 0.1) is 0 Å². The molecule has 0 aliphatic heterocycles. The zero-order valence-electron chi connectivity index (χ0n) is 17.1. The van der Waals surface area contributed by atoms with Crippen molar-refractivity contribution >= 4 is 0 Å². The second-order valence-electron chi connectivity index (χ2n) is 8.00. The number of benzene rings is 2. The summed E-state index contributed by atoms with van der Waals surface area (Å²) in [6, 6.07) is 19.4. The first-order valence-electron chi connectivity index (χ1n) is 10.9. The summed E-state index contributed by atoms with van der Waals surface area (Å²) in [5.41, 5.74) is 5.66. The van der Waals surface area contributed by atoms with Crippen molar-refractivity contribution in [3.8, 4) is 0 Å². The summed E-state index contributed by atoms with van der Waals surface area (Å²) in [5, 5.41) is 7.66. The molecule has 0 radical (unpaired) electrons. The van der Waals surface area contributed by atoms with Crippen LogP contribution in [0.15, 0.2) is 48.5 Å². The summed E-state index contributed by atoms with van der Waals surface area (Å²) in [6.07, 6.45) is 8.75. The molecule has 1 aliphatic rings. The molecule has 0 saturated heterocycles. The number of nitrogens with one attached hydrogen (secondary N) is 2. The number of hydrogen-bond donors (Lipinski definition) is 2. The van der Waals surface area contributed by atoms with Gasteiger partial charge in [0.1, 0.15) is 0 Å². The number of rotatable bonds is 9. The number of hydrogen-bond acceptors (Lipinski definition) is 2. The third-order valence-electron chi connectivity index (χ3n) is 5.90. The smallest absolute Gasteiger partial charge is 0.0224 e. The second-order valence-corrected chi connectivity index (χ2v) is 8.00. The predicted octanol–water partition coefficient (Wildman–Crippen LogP) is 5.39. The lowest BCUT2D eigenvalue weighted by Gasteiger charge is -2.33. The van der Waals surface area contributed by atoms with Gasteiger partial charge in [-0.3, -0.25) is 0 Å². The van der Waals surface area contributed by atoms with Gasteiger partial charge < -0.3 is 10.6 Å². The third-order valence-corrected chi connectivity index (χ3v) is 5.90. The molecule has 0 bridgehead atoms. The van der Waals surface area contributed by atoms with Crippen LogP contribution in [-0.4, -0.2) is 12.1 Å². The fraction of sp³-hybridized carbons (Fsp3) is 0.520. The summed E-state index contributed by atoms with van der Waals surface area (Å²) in [5.74, 6) is 0. The highest BCUT2D eigenvalue weighted by molar-refractivity contribution is 5.23. The van der Waals surface area contributed by atoms with Gasteiger partial charge in [-0.15, -0.1) is 0 Å². The Kier molecular flexibility index (Phi) is 7.92.